The van der Waals surface area contributed by atoms with Crippen LogP contribution in [0.3, 0.4) is 0 Å². The molecular formula is C19H23NO4. The van der Waals surface area contributed by atoms with E-state index in [4.69, 9.17) is 9.47 Å². The highest BCUT2D eigenvalue weighted by Gasteiger charge is 2.18. The Morgan fingerprint density at radius 2 is 1.96 bits per heavy atom. The van der Waals surface area contributed by atoms with Crippen molar-refractivity contribution in [2.45, 2.75) is 39.7 Å². The zero-order valence-electron chi connectivity index (χ0n) is 14.5. The maximum atomic E-state index is 12.2. The second-order valence-electron chi connectivity index (χ2n) is 6.40. The van der Waals surface area contributed by atoms with E-state index in [2.05, 4.69) is 0 Å². The molecule has 1 heterocycles. The molecule has 0 spiro atoms. The normalized spacial score (nSPS) is 11.8. The summed E-state index contributed by atoms with van der Waals surface area (Å²) in [5.74, 6) is -0.245. The molecule has 0 bridgehead atoms. The molecule has 0 atom stereocenters. The van der Waals surface area contributed by atoms with Crippen molar-refractivity contribution in [1.82, 2.24) is 4.57 Å². The number of carbonyl (C=O) groups excluding carboxylic acids is 2. The molecule has 1 aromatic heterocycles. The molecule has 5 heteroatoms. The van der Waals surface area contributed by atoms with E-state index in [1.807, 2.05) is 51.1 Å². The van der Waals surface area contributed by atoms with Gasteiger partial charge in [-0.15, -0.1) is 0 Å². The topological polar surface area (TPSA) is 57.5 Å². The first-order valence-corrected chi connectivity index (χ1v) is 7.97. The average Bonchev–Trinajstić information content (AvgIpc) is 2.89. The summed E-state index contributed by atoms with van der Waals surface area (Å²) in [4.78, 5) is 23.5. The Bertz CT molecular complexity index is 765. The van der Waals surface area contributed by atoms with E-state index in [1.54, 1.807) is 19.2 Å². The zero-order valence-corrected chi connectivity index (χ0v) is 14.5. The van der Waals surface area contributed by atoms with Gasteiger partial charge >= 0.3 is 12.1 Å². The molecule has 2 rings (SSSR count). The molecule has 1 aromatic carbocycles. The van der Waals surface area contributed by atoms with Crippen molar-refractivity contribution in [3.63, 3.8) is 0 Å². The predicted octanol–water partition coefficient (Wildman–Crippen LogP) is 4.39. The van der Waals surface area contributed by atoms with Crippen LogP contribution in [0.25, 0.3) is 17.0 Å². The number of benzene rings is 1. The second kappa shape index (κ2) is 7.34. The molecule has 0 aliphatic rings. The van der Waals surface area contributed by atoms with Crippen LogP contribution in [-0.4, -0.2) is 28.8 Å². The molecule has 0 saturated heterocycles. The minimum Gasteiger partial charge on any atom is -0.466 e. The zero-order chi connectivity index (χ0) is 17.7. The Morgan fingerprint density at radius 3 is 2.62 bits per heavy atom. The lowest BCUT2D eigenvalue weighted by Gasteiger charge is -2.19. The summed E-state index contributed by atoms with van der Waals surface area (Å²) in [5, 5.41) is 0.930. The first-order chi connectivity index (χ1) is 11.3. The number of esters is 1. The van der Waals surface area contributed by atoms with Crippen LogP contribution in [0, 0.1) is 0 Å². The van der Waals surface area contributed by atoms with Gasteiger partial charge in [0, 0.05) is 11.6 Å². The van der Waals surface area contributed by atoms with E-state index in [-0.39, 0.29) is 12.4 Å². The van der Waals surface area contributed by atoms with Gasteiger partial charge in [-0.2, -0.15) is 0 Å². The van der Waals surface area contributed by atoms with Crippen LogP contribution in [-0.2, 0) is 14.3 Å². The van der Waals surface area contributed by atoms with E-state index >= 15 is 0 Å². The number of ether oxygens (including phenoxy) is 2. The van der Waals surface area contributed by atoms with Gasteiger partial charge in [0.2, 0.25) is 0 Å². The highest BCUT2D eigenvalue weighted by Crippen LogP contribution is 2.20. The van der Waals surface area contributed by atoms with E-state index in [0.29, 0.717) is 6.61 Å². The Hall–Kier alpha value is -2.56. The quantitative estimate of drug-likeness (QED) is 0.781. The lowest BCUT2D eigenvalue weighted by Crippen LogP contribution is -2.26. The molecule has 0 aliphatic carbocycles. The highest BCUT2D eigenvalue weighted by molar-refractivity contribution is 5.90. The fourth-order valence-electron chi connectivity index (χ4n) is 2.25. The first-order valence-electron chi connectivity index (χ1n) is 7.97. The van der Waals surface area contributed by atoms with Crippen LogP contribution >= 0.6 is 0 Å². The van der Waals surface area contributed by atoms with Gasteiger partial charge in [-0.25, -0.2) is 4.79 Å². The molecule has 0 radical (unpaired) electrons. The Morgan fingerprint density at radius 1 is 1.21 bits per heavy atom. The van der Waals surface area contributed by atoms with Crippen LogP contribution in [0.1, 0.15) is 39.7 Å². The maximum absolute atomic E-state index is 12.2. The van der Waals surface area contributed by atoms with E-state index in [9.17, 15) is 9.59 Å². The Kier molecular flexibility index (Phi) is 5.44. The van der Waals surface area contributed by atoms with E-state index in [0.717, 1.165) is 16.5 Å². The smallest absolute Gasteiger partial charge is 0.418 e. The van der Waals surface area contributed by atoms with Crippen molar-refractivity contribution in [3.8, 4) is 0 Å². The molecule has 2 aromatic rings. The van der Waals surface area contributed by atoms with Gasteiger partial charge in [-0.05, 0) is 51.5 Å². The molecular weight excluding hydrogens is 306 g/mol. The van der Waals surface area contributed by atoms with Crippen molar-refractivity contribution in [3.05, 3.63) is 42.1 Å². The molecule has 0 N–H and O–H groups in total. The number of nitrogens with zero attached hydrogens (tertiary/aromatic N) is 1. The highest BCUT2D eigenvalue weighted by atomic mass is 16.6. The monoisotopic (exact) mass is 329 g/mol. The number of hydrogen-bond donors (Lipinski definition) is 0. The number of fused-ring (bicyclic) bond motifs is 1. The Balaban J connectivity index is 2.14. The van der Waals surface area contributed by atoms with E-state index in [1.165, 1.54) is 4.57 Å². The third kappa shape index (κ3) is 4.72. The summed E-state index contributed by atoms with van der Waals surface area (Å²) in [7, 11) is 0. The van der Waals surface area contributed by atoms with E-state index < -0.39 is 11.7 Å². The van der Waals surface area contributed by atoms with Crippen molar-refractivity contribution in [2.24, 2.45) is 0 Å². The van der Waals surface area contributed by atoms with Crippen molar-refractivity contribution >= 4 is 29.0 Å². The average molecular weight is 329 g/mol. The molecule has 5 nitrogen and oxygen atoms in total. The second-order valence-corrected chi connectivity index (χ2v) is 6.40. The molecule has 0 unspecified atom stereocenters. The summed E-state index contributed by atoms with van der Waals surface area (Å²) < 4.78 is 11.8. The molecule has 0 amide bonds. The van der Waals surface area contributed by atoms with Crippen LogP contribution in [0.4, 0.5) is 4.79 Å². The summed E-state index contributed by atoms with van der Waals surface area (Å²) in [6.07, 6.45) is 5.17. The molecule has 0 saturated carbocycles. The van der Waals surface area contributed by atoms with Gasteiger partial charge in [-0.1, -0.05) is 18.2 Å². The van der Waals surface area contributed by atoms with Gasteiger partial charge in [0.05, 0.1) is 18.5 Å². The van der Waals surface area contributed by atoms with Crippen LogP contribution in [0.5, 0.6) is 0 Å². The number of aromatic nitrogens is 1. The maximum Gasteiger partial charge on any atom is 0.418 e. The molecule has 0 fully saturated rings. The van der Waals surface area contributed by atoms with Crippen molar-refractivity contribution in [2.75, 3.05) is 6.61 Å². The fourth-order valence-corrected chi connectivity index (χ4v) is 2.25. The minimum absolute atomic E-state index is 0.241. The minimum atomic E-state index is -0.538. The van der Waals surface area contributed by atoms with Crippen LogP contribution in [0.2, 0.25) is 0 Å². The first kappa shape index (κ1) is 17.8. The third-order valence-corrected chi connectivity index (χ3v) is 3.20. The molecule has 128 valence electrons. The number of carbonyl (C=O) groups is 2. The molecule has 24 heavy (non-hydrogen) atoms. The van der Waals surface area contributed by atoms with Crippen molar-refractivity contribution in [1.29, 1.82) is 0 Å². The third-order valence-electron chi connectivity index (χ3n) is 3.20. The largest absolute Gasteiger partial charge is 0.466 e. The van der Waals surface area contributed by atoms with Gasteiger partial charge in [0.1, 0.15) is 5.60 Å². The fraction of sp³-hybridized carbons (Fsp3) is 0.368. The summed E-state index contributed by atoms with van der Waals surface area (Å²) in [6.45, 7) is 7.68. The van der Waals surface area contributed by atoms with Gasteiger partial charge in [0.15, 0.2) is 0 Å². The van der Waals surface area contributed by atoms with Gasteiger partial charge in [0.25, 0.3) is 0 Å². The lowest BCUT2D eigenvalue weighted by molar-refractivity contribution is -0.142. The number of hydrogen-bond acceptors (Lipinski definition) is 4. The van der Waals surface area contributed by atoms with Crippen LogP contribution in [0.15, 0.2) is 36.5 Å². The van der Waals surface area contributed by atoms with Gasteiger partial charge < -0.3 is 9.47 Å². The lowest BCUT2D eigenvalue weighted by atomic mass is 10.1. The molecule has 0 aliphatic heterocycles. The Labute approximate surface area is 141 Å². The SMILES string of the molecule is CCOC(=O)CC=Cc1ccc2c(ccn2C(=O)OC(C)(C)C)c1. The predicted molar refractivity (Wildman–Crippen MR) is 93.9 cm³/mol. The summed E-state index contributed by atoms with van der Waals surface area (Å²) in [6, 6.07) is 7.58. The number of rotatable bonds is 4. The summed E-state index contributed by atoms with van der Waals surface area (Å²) in [5.41, 5.74) is 1.20. The van der Waals surface area contributed by atoms with Crippen LogP contribution < -0.4 is 0 Å². The van der Waals surface area contributed by atoms with Crippen molar-refractivity contribution < 1.29 is 19.1 Å². The van der Waals surface area contributed by atoms with Gasteiger partial charge in [-0.3, -0.25) is 9.36 Å². The standard InChI is InChI=1S/C19H23NO4/c1-5-23-17(21)8-6-7-14-9-10-16-15(13-14)11-12-20(16)18(22)24-19(2,3)4/h6-7,9-13H,5,8H2,1-4H3. The summed E-state index contributed by atoms with van der Waals surface area (Å²) >= 11 is 0.